The third kappa shape index (κ3) is 4.25. The number of methoxy groups -OCH3 is 3. The molecule has 2 saturated carbocycles. The summed E-state index contributed by atoms with van der Waals surface area (Å²) in [6, 6.07) is 4.42. The van der Waals surface area contributed by atoms with Crippen LogP contribution in [0, 0.1) is 5.92 Å². The van der Waals surface area contributed by atoms with Gasteiger partial charge in [-0.1, -0.05) is 19.3 Å². The molecule has 1 aromatic carbocycles. The highest BCUT2D eigenvalue weighted by atomic mass is 16.5. The van der Waals surface area contributed by atoms with Gasteiger partial charge in [-0.05, 0) is 49.8 Å². The molecule has 1 aromatic rings. The molecule has 3 rings (SSSR count). The third-order valence-electron chi connectivity index (χ3n) is 5.59. The molecule has 0 spiro atoms. The van der Waals surface area contributed by atoms with Gasteiger partial charge in [0.15, 0.2) is 11.5 Å². The summed E-state index contributed by atoms with van der Waals surface area (Å²) in [5.41, 5.74) is 1.10. The van der Waals surface area contributed by atoms with Crippen LogP contribution in [0.25, 0.3) is 0 Å². The van der Waals surface area contributed by atoms with E-state index in [1.165, 1.54) is 19.3 Å². The van der Waals surface area contributed by atoms with Gasteiger partial charge < -0.3 is 19.1 Å². The molecule has 0 bridgehead atoms. The molecule has 5 heteroatoms. The minimum Gasteiger partial charge on any atom is -0.493 e. The quantitative estimate of drug-likeness (QED) is 0.706. The van der Waals surface area contributed by atoms with Crippen LogP contribution in [0.1, 0.15) is 50.5 Å². The second kappa shape index (κ2) is 8.65. The first-order chi connectivity index (χ1) is 12.7. The molecule has 0 heterocycles. The number of hydrogen-bond donors (Lipinski definition) is 0. The van der Waals surface area contributed by atoms with Crippen LogP contribution in [0.4, 0.5) is 0 Å². The molecule has 0 atom stereocenters. The molecule has 5 nitrogen and oxygen atoms in total. The summed E-state index contributed by atoms with van der Waals surface area (Å²) in [5.74, 6) is 2.55. The third-order valence-corrected chi connectivity index (χ3v) is 5.59. The number of carbonyl (C=O) groups is 1. The average Bonchev–Trinajstić information content (AvgIpc) is 3.52. The Bertz CT molecular complexity index is 595. The Labute approximate surface area is 156 Å². The summed E-state index contributed by atoms with van der Waals surface area (Å²) in [6.07, 6.45) is 8.88. The van der Waals surface area contributed by atoms with E-state index in [9.17, 15) is 4.79 Å². The number of hydrogen-bond acceptors (Lipinski definition) is 4. The SMILES string of the molecule is COc1cc(CCN(C(=O)C2CCCCC2)C2CC2)cc(OC)c1OC. The zero-order chi connectivity index (χ0) is 18.5. The van der Waals surface area contributed by atoms with E-state index in [2.05, 4.69) is 4.90 Å². The molecule has 2 aliphatic carbocycles. The number of rotatable bonds is 8. The zero-order valence-corrected chi connectivity index (χ0v) is 16.3. The fraction of sp³-hybridized carbons (Fsp3) is 0.667. The van der Waals surface area contributed by atoms with Crippen molar-refractivity contribution >= 4 is 5.91 Å². The fourth-order valence-corrected chi connectivity index (χ4v) is 3.97. The Morgan fingerprint density at radius 1 is 0.962 bits per heavy atom. The molecule has 26 heavy (non-hydrogen) atoms. The molecule has 0 unspecified atom stereocenters. The van der Waals surface area contributed by atoms with E-state index in [4.69, 9.17) is 14.2 Å². The van der Waals surface area contributed by atoms with Crippen LogP contribution >= 0.6 is 0 Å². The average molecular weight is 361 g/mol. The van der Waals surface area contributed by atoms with Gasteiger partial charge in [0.2, 0.25) is 11.7 Å². The summed E-state index contributed by atoms with van der Waals surface area (Å²) < 4.78 is 16.3. The van der Waals surface area contributed by atoms with Crippen molar-refractivity contribution in [1.29, 1.82) is 0 Å². The smallest absolute Gasteiger partial charge is 0.225 e. The summed E-state index contributed by atoms with van der Waals surface area (Å²) in [7, 11) is 4.87. The lowest BCUT2D eigenvalue weighted by Gasteiger charge is -2.29. The topological polar surface area (TPSA) is 48.0 Å². The predicted molar refractivity (Wildman–Crippen MR) is 101 cm³/mol. The minimum atomic E-state index is 0.240. The van der Waals surface area contributed by atoms with E-state index in [1.807, 2.05) is 12.1 Å². The minimum absolute atomic E-state index is 0.240. The van der Waals surface area contributed by atoms with Crippen molar-refractivity contribution in [2.24, 2.45) is 5.92 Å². The number of amides is 1. The van der Waals surface area contributed by atoms with Crippen molar-refractivity contribution in [3.05, 3.63) is 17.7 Å². The van der Waals surface area contributed by atoms with Crippen molar-refractivity contribution in [2.45, 2.75) is 57.4 Å². The first-order valence-electron chi connectivity index (χ1n) is 9.77. The van der Waals surface area contributed by atoms with Crippen molar-refractivity contribution in [3.8, 4) is 17.2 Å². The largest absolute Gasteiger partial charge is 0.493 e. The van der Waals surface area contributed by atoms with Crippen molar-refractivity contribution in [2.75, 3.05) is 27.9 Å². The zero-order valence-electron chi connectivity index (χ0n) is 16.3. The summed E-state index contributed by atoms with van der Waals surface area (Å²) in [5, 5.41) is 0. The van der Waals surface area contributed by atoms with Crippen LogP contribution in [0.2, 0.25) is 0 Å². The first kappa shape index (κ1) is 18.9. The van der Waals surface area contributed by atoms with Gasteiger partial charge in [-0.3, -0.25) is 4.79 Å². The highest BCUT2D eigenvalue weighted by molar-refractivity contribution is 5.79. The Balaban J connectivity index is 1.70. The maximum absolute atomic E-state index is 13.0. The fourth-order valence-electron chi connectivity index (χ4n) is 3.97. The van der Waals surface area contributed by atoms with Crippen molar-refractivity contribution in [1.82, 2.24) is 4.90 Å². The lowest BCUT2D eigenvalue weighted by molar-refractivity contribution is -0.137. The highest BCUT2D eigenvalue weighted by Crippen LogP contribution is 2.39. The molecule has 0 saturated heterocycles. The van der Waals surface area contributed by atoms with Crippen LogP contribution in [-0.2, 0) is 11.2 Å². The van der Waals surface area contributed by atoms with E-state index in [0.29, 0.717) is 29.2 Å². The second-order valence-electron chi connectivity index (χ2n) is 7.38. The molecule has 1 amide bonds. The summed E-state index contributed by atoms with van der Waals surface area (Å²) in [6.45, 7) is 0.763. The Hall–Kier alpha value is -1.91. The van der Waals surface area contributed by atoms with Gasteiger partial charge in [-0.2, -0.15) is 0 Å². The molecule has 2 fully saturated rings. The molecular weight excluding hydrogens is 330 g/mol. The normalized spacial score (nSPS) is 17.7. The Morgan fingerprint density at radius 3 is 2.08 bits per heavy atom. The van der Waals surface area contributed by atoms with Crippen LogP contribution in [0.3, 0.4) is 0 Å². The number of benzene rings is 1. The van der Waals surface area contributed by atoms with Gasteiger partial charge in [0.25, 0.3) is 0 Å². The molecular formula is C21H31NO4. The van der Waals surface area contributed by atoms with Crippen LogP contribution in [0.5, 0.6) is 17.2 Å². The summed E-state index contributed by atoms with van der Waals surface area (Å²) >= 11 is 0. The highest BCUT2D eigenvalue weighted by Gasteiger charge is 2.35. The standard InChI is InChI=1S/C21H31NO4/c1-24-18-13-15(14-19(25-2)20(18)26-3)11-12-22(17-9-10-17)21(23)16-7-5-4-6-8-16/h13-14,16-17H,4-12H2,1-3H3. The summed E-state index contributed by atoms with van der Waals surface area (Å²) in [4.78, 5) is 15.1. The van der Waals surface area contributed by atoms with Crippen molar-refractivity contribution in [3.63, 3.8) is 0 Å². The van der Waals surface area contributed by atoms with E-state index in [1.54, 1.807) is 21.3 Å². The van der Waals surface area contributed by atoms with Gasteiger partial charge in [0.1, 0.15) is 0 Å². The lowest BCUT2D eigenvalue weighted by atomic mass is 9.88. The van der Waals surface area contributed by atoms with Gasteiger partial charge >= 0.3 is 0 Å². The second-order valence-corrected chi connectivity index (χ2v) is 7.38. The molecule has 0 N–H and O–H groups in total. The lowest BCUT2D eigenvalue weighted by Crippen LogP contribution is -2.39. The number of ether oxygens (including phenoxy) is 3. The maximum atomic E-state index is 13.0. The number of nitrogens with zero attached hydrogens (tertiary/aromatic N) is 1. The van der Waals surface area contributed by atoms with E-state index < -0.39 is 0 Å². The van der Waals surface area contributed by atoms with Gasteiger partial charge in [-0.25, -0.2) is 0 Å². The van der Waals surface area contributed by atoms with Crippen molar-refractivity contribution < 1.29 is 19.0 Å². The van der Waals surface area contributed by atoms with E-state index in [-0.39, 0.29) is 5.92 Å². The maximum Gasteiger partial charge on any atom is 0.225 e. The van der Waals surface area contributed by atoms with E-state index >= 15 is 0 Å². The van der Waals surface area contributed by atoms with Gasteiger partial charge in [0.05, 0.1) is 21.3 Å². The van der Waals surface area contributed by atoms with Crippen LogP contribution < -0.4 is 14.2 Å². The monoisotopic (exact) mass is 361 g/mol. The molecule has 144 valence electrons. The van der Waals surface area contributed by atoms with E-state index in [0.717, 1.165) is 44.2 Å². The first-order valence-corrected chi connectivity index (χ1v) is 9.77. The van der Waals surface area contributed by atoms with Gasteiger partial charge in [0, 0.05) is 18.5 Å². The predicted octanol–water partition coefficient (Wildman–Crippen LogP) is 3.83. The molecule has 2 aliphatic rings. The van der Waals surface area contributed by atoms with Crippen LogP contribution in [-0.4, -0.2) is 44.7 Å². The Morgan fingerprint density at radius 2 is 1.58 bits per heavy atom. The molecule has 0 radical (unpaired) electrons. The Kier molecular flexibility index (Phi) is 6.28. The number of carbonyl (C=O) groups excluding carboxylic acids is 1. The van der Waals surface area contributed by atoms with Gasteiger partial charge in [-0.15, -0.1) is 0 Å². The molecule has 0 aliphatic heterocycles. The molecule has 0 aromatic heterocycles. The van der Waals surface area contributed by atoms with Crippen LogP contribution in [0.15, 0.2) is 12.1 Å².